The summed E-state index contributed by atoms with van der Waals surface area (Å²) < 4.78 is 1.46. The second kappa shape index (κ2) is 6.54. The van der Waals surface area contributed by atoms with Gasteiger partial charge in [0.15, 0.2) is 5.69 Å². The molecule has 0 radical (unpaired) electrons. The molecule has 1 saturated carbocycles. The van der Waals surface area contributed by atoms with Crippen molar-refractivity contribution in [3.05, 3.63) is 45.4 Å². The van der Waals surface area contributed by atoms with Gasteiger partial charge in [0.1, 0.15) is 11.0 Å². The number of nitrogens with one attached hydrogen (secondary N) is 2. The SMILES string of the molecule is Cn1nc(C(=O)NC2CCC(c3nccc(=O)[nH]3)CC2)cc1Cl. The van der Waals surface area contributed by atoms with Crippen LogP contribution in [0.5, 0.6) is 0 Å². The Hall–Kier alpha value is -2.15. The maximum Gasteiger partial charge on any atom is 0.272 e. The number of carbonyl (C=O) groups excluding carboxylic acids is 1. The van der Waals surface area contributed by atoms with Crippen LogP contribution in [0.3, 0.4) is 0 Å². The van der Waals surface area contributed by atoms with E-state index in [1.165, 1.54) is 16.9 Å². The summed E-state index contributed by atoms with van der Waals surface area (Å²) in [7, 11) is 1.69. The summed E-state index contributed by atoms with van der Waals surface area (Å²) >= 11 is 5.90. The predicted molar refractivity (Wildman–Crippen MR) is 85.5 cm³/mol. The first-order valence-electron chi connectivity index (χ1n) is 7.58. The summed E-state index contributed by atoms with van der Waals surface area (Å²) in [6.45, 7) is 0. The molecule has 0 bridgehead atoms. The molecule has 122 valence electrons. The zero-order valence-corrected chi connectivity index (χ0v) is 13.5. The number of rotatable bonds is 3. The highest BCUT2D eigenvalue weighted by molar-refractivity contribution is 6.29. The number of carbonyl (C=O) groups is 1. The fraction of sp³-hybridized carbons (Fsp3) is 0.467. The van der Waals surface area contributed by atoms with Crippen molar-refractivity contribution in [1.29, 1.82) is 0 Å². The summed E-state index contributed by atoms with van der Waals surface area (Å²) in [4.78, 5) is 30.6. The number of nitrogens with zero attached hydrogens (tertiary/aromatic N) is 3. The van der Waals surface area contributed by atoms with Crippen LogP contribution in [0.4, 0.5) is 0 Å². The fourth-order valence-electron chi connectivity index (χ4n) is 2.92. The number of aromatic amines is 1. The molecule has 2 aromatic rings. The van der Waals surface area contributed by atoms with Gasteiger partial charge in [-0.15, -0.1) is 0 Å². The number of aromatic nitrogens is 4. The van der Waals surface area contributed by atoms with E-state index in [0.29, 0.717) is 10.8 Å². The molecule has 1 aliphatic carbocycles. The van der Waals surface area contributed by atoms with Crippen molar-refractivity contribution in [2.24, 2.45) is 7.05 Å². The zero-order chi connectivity index (χ0) is 16.4. The quantitative estimate of drug-likeness (QED) is 0.891. The second-order valence-corrected chi connectivity index (χ2v) is 6.20. The average molecular weight is 336 g/mol. The largest absolute Gasteiger partial charge is 0.348 e. The van der Waals surface area contributed by atoms with Gasteiger partial charge in [-0.1, -0.05) is 11.6 Å². The number of amides is 1. The molecule has 0 aliphatic heterocycles. The van der Waals surface area contributed by atoms with Gasteiger partial charge in [-0.2, -0.15) is 5.10 Å². The van der Waals surface area contributed by atoms with Crippen molar-refractivity contribution in [3.63, 3.8) is 0 Å². The van der Waals surface area contributed by atoms with Crippen LogP contribution in [0.1, 0.15) is 47.9 Å². The first-order chi connectivity index (χ1) is 11.0. The molecule has 1 fully saturated rings. The Balaban J connectivity index is 1.57. The molecule has 3 rings (SSSR count). The summed E-state index contributed by atoms with van der Waals surface area (Å²) in [6.07, 6.45) is 4.97. The molecule has 0 atom stereocenters. The lowest BCUT2D eigenvalue weighted by Crippen LogP contribution is -2.37. The normalized spacial score (nSPS) is 21.1. The maximum absolute atomic E-state index is 12.2. The molecule has 2 aromatic heterocycles. The molecule has 1 amide bonds. The molecule has 1 aliphatic rings. The summed E-state index contributed by atoms with van der Waals surface area (Å²) in [5, 5.41) is 7.49. The van der Waals surface area contributed by atoms with Gasteiger partial charge in [-0.3, -0.25) is 14.3 Å². The van der Waals surface area contributed by atoms with Gasteiger partial charge in [0.05, 0.1) is 0 Å². The van der Waals surface area contributed by atoms with E-state index in [2.05, 4.69) is 20.4 Å². The highest BCUT2D eigenvalue weighted by Crippen LogP contribution is 2.30. The molecule has 7 nitrogen and oxygen atoms in total. The lowest BCUT2D eigenvalue weighted by atomic mass is 9.85. The van der Waals surface area contributed by atoms with Gasteiger partial charge in [-0.05, 0) is 25.7 Å². The van der Waals surface area contributed by atoms with Crippen LogP contribution in [0.2, 0.25) is 5.15 Å². The highest BCUT2D eigenvalue weighted by atomic mass is 35.5. The molecule has 0 aromatic carbocycles. The van der Waals surface area contributed by atoms with E-state index < -0.39 is 0 Å². The number of halogens is 1. The van der Waals surface area contributed by atoms with Crippen LogP contribution in [-0.4, -0.2) is 31.7 Å². The average Bonchev–Trinajstić information content (AvgIpc) is 2.88. The van der Waals surface area contributed by atoms with Gasteiger partial charge in [0.25, 0.3) is 11.5 Å². The van der Waals surface area contributed by atoms with Gasteiger partial charge >= 0.3 is 0 Å². The topological polar surface area (TPSA) is 92.7 Å². The van der Waals surface area contributed by atoms with Crippen LogP contribution in [0.25, 0.3) is 0 Å². The van der Waals surface area contributed by atoms with Crippen molar-refractivity contribution in [2.75, 3.05) is 0 Å². The minimum absolute atomic E-state index is 0.106. The second-order valence-electron chi connectivity index (χ2n) is 5.82. The first kappa shape index (κ1) is 15.7. The van der Waals surface area contributed by atoms with E-state index in [9.17, 15) is 9.59 Å². The molecule has 0 spiro atoms. The van der Waals surface area contributed by atoms with E-state index in [0.717, 1.165) is 31.5 Å². The molecular formula is C15H18ClN5O2. The van der Waals surface area contributed by atoms with E-state index in [1.54, 1.807) is 13.1 Å². The van der Waals surface area contributed by atoms with Crippen LogP contribution >= 0.6 is 11.6 Å². The van der Waals surface area contributed by atoms with Crippen LogP contribution in [-0.2, 0) is 7.05 Å². The Morgan fingerprint density at radius 1 is 1.39 bits per heavy atom. The standard InChI is InChI=1S/C15H18ClN5O2/c1-21-12(16)8-11(20-21)15(23)18-10-4-2-9(3-5-10)14-17-7-6-13(22)19-14/h6-10H,2-5H2,1H3,(H,18,23)(H,17,19,22). The molecule has 0 saturated heterocycles. The lowest BCUT2D eigenvalue weighted by Gasteiger charge is -2.28. The Kier molecular flexibility index (Phi) is 4.47. The van der Waals surface area contributed by atoms with Crippen molar-refractivity contribution >= 4 is 17.5 Å². The summed E-state index contributed by atoms with van der Waals surface area (Å²) in [5.41, 5.74) is 0.200. The van der Waals surface area contributed by atoms with Crippen LogP contribution < -0.4 is 10.9 Å². The molecular weight excluding hydrogens is 318 g/mol. The first-order valence-corrected chi connectivity index (χ1v) is 7.96. The molecule has 2 N–H and O–H groups in total. The third-order valence-electron chi connectivity index (χ3n) is 4.20. The predicted octanol–water partition coefficient (Wildman–Crippen LogP) is 1.61. The van der Waals surface area contributed by atoms with E-state index in [4.69, 9.17) is 11.6 Å². The number of hydrogen-bond acceptors (Lipinski definition) is 4. The minimum Gasteiger partial charge on any atom is -0.348 e. The molecule has 2 heterocycles. The van der Waals surface area contributed by atoms with Gasteiger partial charge in [-0.25, -0.2) is 4.98 Å². The summed E-state index contributed by atoms with van der Waals surface area (Å²) in [6, 6.07) is 3.07. The number of hydrogen-bond donors (Lipinski definition) is 2. The van der Waals surface area contributed by atoms with E-state index in [-0.39, 0.29) is 23.4 Å². The van der Waals surface area contributed by atoms with Crippen molar-refractivity contribution < 1.29 is 4.79 Å². The Morgan fingerprint density at radius 2 is 2.13 bits per heavy atom. The molecule has 23 heavy (non-hydrogen) atoms. The van der Waals surface area contributed by atoms with Crippen molar-refractivity contribution in [1.82, 2.24) is 25.1 Å². The Morgan fingerprint density at radius 3 is 2.74 bits per heavy atom. The maximum atomic E-state index is 12.2. The molecule has 0 unspecified atom stereocenters. The number of aryl methyl sites for hydroxylation is 1. The zero-order valence-electron chi connectivity index (χ0n) is 12.8. The third-order valence-corrected chi connectivity index (χ3v) is 4.55. The number of H-pyrrole nitrogens is 1. The minimum atomic E-state index is -0.206. The van der Waals surface area contributed by atoms with Gasteiger partial charge in [0, 0.05) is 37.3 Å². The van der Waals surface area contributed by atoms with Gasteiger partial charge in [0.2, 0.25) is 0 Å². The molecule has 8 heteroatoms. The van der Waals surface area contributed by atoms with Crippen LogP contribution in [0.15, 0.2) is 23.1 Å². The van der Waals surface area contributed by atoms with E-state index >= 15 is 0 Å². The van der Waals surface area contributed by atoms with Crippen molar-refractivity contribution in [3.8, 4) is 0 Å². The monoisotopic (exact) mass is 335 g/mol. The van der Waals surface area contributed by atoms with Gasteiger partial charge < -0.3 is 10.3 Å². The fourth-order valence-corrected chi connectivity index (χ4v) is 3.06. The Labute approximate surface area is 138 Å². The summed E-state index contributed by atoms with van der Waals surface area (Å²) in [5.74, 6) is 0.766. The smallest absolute Gasteiger partial charge is 0.272 e. The van der Waals surface area contributed by atoms with Crippen LogP contribution in [0, 0.1) is 0 Å². The third kappa shape index (κ3) is 3.61. The Bertz CT molecular complexity index is 742. The van der Waals surface area contributed by atoms with E-state index in [1.807, 2.05) is 0 Å². The highest BCUT2D eigenvalue weighted by Gasteiger charge is 2.25. The van der Waals surface area contributed by atoms with Crippen molar-refractivity contribution in [2.45, 2.75) is 37.6 Å². The lowest BCUT2D eigenvalue weighted by molar-refractivity contribution is 0.0919.